The normalized spacial score (nSPS) is 12.3. The number of esters is 1. The lowest BCUT2D eigenvalue weighted by Gasteiger charge is -2.19. The van der Waals surface area contributed by atoms with Crippen molar-refractivity contribution in [3.05, 3.63) is 70.1 Å². The van der Waals surface area contributed by atoms with Gasteiger partial charge in [0.05, 0.1) is 25.1 Å². The Morgan fingerprint density at radius 1 is 1.15 bits per heavy atom. The summed E-state index contributed by atoms with van der Waals surface area (Å²) < 4.78 is 43.6. The van der Waals surface area contributed by atoms with Crippen LogP contribution in [0.5, 0.6) is 0 Å². The molecule has 27 heavy (non-hydrogen) atoms. The monoisotopic (exact) mass is 382 g/mol. The minimum Gasteiger partial charge on any atom is -0.469 e. The topological polar surface area (TPSA) is 77.4 Å². The molecule has 1 N–H and O–H groups in total. The van der Waals surface area contributed by atoms with Crippen molar-refractivity contribution in [2.45, 2.75) is 25.2 Å². The number of benzene rings is 1. The molecule has 0 spiro atoms. The molecule has 1 aromatic carbocycles. The maximum absolute atomic E-state index is 12.8. The number of hydrogen-bond acceptors (Lipinski definition) is 4. The summed E-state index contributed by atoms with van der Waals surface area (Å²) in [7, 11) is 1.20. The summed E-state index contributed by atoms with van der Waals surface area (Å²) in [5.41, 5.74) is -1.17. The first-order valence-electron chi connectivity index (χ1n) is 7.89. The van der Waals surface area contributed by atoms with Gasteiger partial charge in [0.2, 0.25) is 5.91 Å². The van der Waals surface area contributed by atoms with Gasteiger partial charge in [0.15, 0.2) is 0 Å². The zero-order valence-electron chi connectivity index (χ0n) is 14.3. The van der Waals surface area contributed by atoms with Crippen molar-refractivity contribution in [1.82, 2.24) is 9.88 Å². The van der Waals surface area contributed by atoms with Crippen LogP contribution < -0.4 is 10.9 Å². The first kappa shape index (κ1) is 20.2. The second-order valence-corrected chi connectivity index (χ2v) is 5.69. The molecule has 0 aliphatic heterocycles. The van der Waals surface area contributed by atoms with E-state index in [1.165, 1.54) is 7.11 Å². The van der Waals surface area contributed by atoms with E-state index in [9.17, 15) is 27.6 Å². The molecule has 0 bridgehead atoms. The minimum absolute atomic E-state index is 0.163. The standard InChI is InChI=1S/C18H17F3N2O4/c1-27-17(26)9-14(12-5-3-2-4-6-12)22-15(24)11-23-10-13(18(19,20)21)7-8-16(23)25/h2-8,10,14H,9,11H2,1H3,(H,22,24)/t14-/m0/s1. The number of methoxy groups -OCH3 is 1. The Labute approximate surface area is 152 Å². The van der Waals surface area contributed by atoms with Crippen LogP contribution in [0.2, 0.25) is 0 Å². The molecule has 1 aromatic heterocycles. The molecule has 0 aliphatic rings. The maximum atomic E-state index is 12.8. The number of amides is 1. The number of nitrogens with zero attached hydrogens (tertiary/aromatic N) is 1. The number of carbonyl (C=O) groups excluding carboxylic acids is 2. The van der Waals surface area contributed by atoms with Crippen LogP contribution in [0.15, 0.2) is 53.5 Å². The van der Waals surface area contributed by atoms with Crippen molar-refractivity contribution < 1.29 is 27.5 Å². The maximum Gasteiger partial charge on any atom is 0.417 e. The van der Waals surface area contributed by atoms with Gasteiger partial charge in [0.1, 0.15) is 6.54 Å². The van der Waals surface area contributed by atoms with Gasteiger partial charge in [-0.2, -0.15) is 13.2 Å². The zero-order valence-corrected chi connectivity index (χ0v) is 14.3. The van der Waals surface area contributed by atoms with E-state index in [0.29, 0.717) is 22.4 Å². The van der Waals surface area contributed by atoms with Gasteiger partial charge in [-0.05, 0) is 11.6 Å². The third kappa shape index (κ3) is 5.70. The summed E-state index contributed by atoms with van der Waals surface area (Å²) >= 11 is 0. The fraction of sp³-hybridized carbons (Fsp3) is 0.278. The molecule has 1 amide bonds. The molecule has 2 aromatic rings. The molecular formula is C18H17F3N2O4. The largest absolute Gasteiger partial charge is 0.469 e. The summed E-state index contributed by atoms with van der Waals surface area (Å²) in [6.07, 6.45) is -4.22. The number of pyridine rings is 1. The van der Waals surface area contributed by atoms with Gasteiger partial charge in [-0.15, -0.1) is 0 Å². The molecule has 0 radical (unpaired) electrons. The number of ether oxygens (including phenoxy) is 1. The van der Waals surface area contributed by atoms with Gasteiger partial charge >= 0.3 is 12.1 Å². The van der Waals surface area contributed by atoms with Crippen molar-refractivity contribution in [3.63, 3.8) is 0 Å². The molecule has 0 aliphatic carbocycles. The Kier molecular flexibility index (Phi) is 6.38. The number of aromatic nitrogens is 1. The SMILES string of the molecule is COC(=O)C[C@H](NC(=O)Cn1cc(C(F)(F)F)ccc1=O)c1ccccc1. The van der Waals surface area contributed by atoms with Crippen molar-refractivity contribution in [2.24, 2.45) is 0 Å². The van der Waals surface area contributed by atoms with Gasteiger partial charge in [-0.3, -0.25) is 14.4 Å². The van der Waals surface area contributed by atoms with Crippen molar-refractivity contribution >= 4 is 11.9 Å². The molecule has 1 atom stereocenters. The van der Waals surface area contributed by atoms with Gasteiger partial charge in [0.25, 0.3) is 5.56 Å². The molecule has 0 saturated heterocycles. The number of carbonyl (C=O) groups is 2. The minimum atomic E-state index is -4.64. The lowest BCUT2D eigenvalue weighted by atomic mass is 10.0. The fourth-order valence-corrected chi connectivity index (χ4v) is 2.40. The second-order valence-electron chi connectivity index (χ2n) is 5.69. The molecule has 1 heterocycles. The highest BCUT2D eigenvalue weighted by Gasteiger charge is 2.31. The van der Waals surface area contributed by atoms with E-state index in [4.69, 9.17) is 0 Å². The highest BCUT2D eigenvalue weighted by Crippen LogP contribution is 2.28. The first-order chi connectivity index (χ1) is 12.7. The summed E-state index contributed by atoms with van der Waals surface area (Å²) in [5.74, 6) is -1.28. The van der Waals surface area contributed by atoms with Gasteiger partial charge < -0.3 is 14.6 Å². The quantitative estimate of drug-likeness (QED) is 0.778. The Morgan fingerprint density at radius 2 is 1.81 bits per heavy atom. The fourth-order valence-electron chi connectivity index (χ4n) is 2.40. The predicted molar refractivity (Wildman–Crippen MR) is 89.7 cm³/mol. The molecule has 144 valence electrons. The van der Waals surface area contributed by atoms with Crippen LogP contribution >= 0.6 is 0 Å². The molecule has 0 unspecified atom stereocenters. The average Bonchev–Trinajstić information content (AvgIpc) is 2.62. The number of nitrogens with one attached hydrogen (secondary N) is 1. The van der Waals surface area contributed by atoms with Crippen LogP contribution in [0.3, 0.4) is 0 Å². The molecule has 9 heteroatoms. The van der Waals surface area contributed by atoms with Crippen LogP contribution in [0, 0.1) is 0 Å². The Hall–Kier alpha value is -3.10. The summed E-state index contributed by atoms with van der Waals surface area (Å²) in [4.78, 5) is 35.6. The average molecular weight is 382 g/mol. The van der Waals surface area contributed by atoms with Crippen LogP contribution in [0.1, 0.15) is 23.6 Å². The predicted octanol–water partition coefficient (Wildman–Crippen LogP) is 2.29. The van der Waals surface area contributed by atoms with E-state index < -0.39 is 41.8 Å². The van der Waals surface area contributed by atoms with E-state index in [0.717, 1.165) is 6.07 Å². The lowest BCUT2D eigenvalue weighted by Crippen LogP contribution is -2.35. The highest BCUT2D eigenvalue weighted by molar-refractivity contribution is 5.78. The third-order valence-corrected chi connectivity index (χ3v) is 3.76. The Balaban J connectivity index is 2.19. The smallest absolute Gasteiger partial charge is 0.417 e. The van der Waals surface area contributed by atoms with Gasteiger partial charge in [0, 0.05) is 12.3 Å². The summed E-state index contributed by atoms with van der Waals surface area (Å²) in [5, 5.41) is 2.55. The highest BCUT2D eigenvalue weighted by atomic mass is 19.4. The summed E-state index contributed by atoms with van der Waals surface area (Å²) in [6.45, 7) is -0.618. The lowest BCUT2D eigenvalue weighted by molar-refractivity contribution is -0.141. The number of hydrogen-bond donors (Lipinski definition) is 1. The van der Waals surface area contributed by atoms with Gasteiger partial charge in [-0.1, -0.05) is 30.3 Å². The van der Waals surface area contributed by atoms with Crippen LogP contribution in [0.4, 0.5) is 13.2 Å². The van der Waals surface area contributed by atoms with Crippen molar-refractivity contribution in [2.75, 3.05) is 7.11 Å². The zero-order chi connectivity index (χ0) is 20.0. The molecule has 0 saturated carbocycles. The first-order valence-corrected chi connectivity index (χ1v) is 7.89. The van der Waals surface area contributed by atoms with Crippen LogP contribution in [-0.2, 0) is 27.0 Å². The number of halogens is 3. The molecule has 6 nitrogen and oxygen atoms in total. The molecular weight excluding hydrogens is 365 g/mol. The van der Waals surface area contributed by atoms with E-state index in [1.54, 1.807) is 30.3 Å². The van der Waals surface area contributed by atoms with Crippen LogP contribution in [-0.4, -0.2) is 23.6 Å². The van der Waals surface area contributed by atoms with E-state index in [-0.39, 0.29) is 6.42 Å². The van der Waals surface area contributed by atoms with E-state index in [2.05, 4.69) is 10.1 Å². The Morgan fingerprint density at radius 3 is 2.41 bits per heavy atom. The van der Waals surface area contributed by atoms with E-state index >= 15 is 0 Å². The van der Waals surface area contributed by atoms with Crippen molar-refractivity contribution in [3.8, 4) is 0 Å². The third-order valence-electron chi connectivity index (χ3n) is 3.76. The van der Waals surface area contributed by atoms with E-state index in [1.807, 2.05) is 0 Å². The second kappa shape index (κ2) is 8.52. The summed E-state index contributed by atoms with van der Waals surface area (Å²) in [6, 6.07) is 9.21. The Bertz CT molecular complexity index is 863. The van der Waals surface area contributed by atoms with Crippen LogP contribution in [0.25, 0.3) is 0 Å². The molecule has 2 rings (SSSR count). The number of rotatable bonds is 6. The van der Waals surface area contributed by atoms with Crippen molar-refractivity contribution in [1.29, 1.82) is 0 Å². The number of alkyl halides is 3. The molecule has 0 fully saturated rings. The van der Waals surface area contributed by atoms with Gasteiger partial charge in [-0.25, -0.2) is 0 Å².